The summed E-state index contributed by atoms with van der Waals surface area (Å²) in [6, 6.07) is -0.179. The summed E-state index contributed by atoms with van der Waals surface area (Å²) in [4.78, 5) is 2.77. The summed E-state index contributed by atoms with van der Waals surface area (Å²) < 4.78 is 10.2. The maximum atomic E-state index is 8.30. The minimum absolute atomic E-state index is 0.00963. The molecule has 6 heteroatoms. The van der Waals surface area contributed by atoms with E-state index in [4.69, 9.17) is 14.8 Å². The van der Waals surface area contributed by atoms with E-state index in [1.807, 2.05) is 0 Å². The molecule has 1 saturated heterocycles. The van der Waals surface area contributed by atoms with Gasteiger partial charge < -0.3 is 9.31 Å². The minimum Gasteiger partial charge on any atom is -0.413 e. The Bertz CT molecular complexity index is 196. The van der Waals surface area contributed by atoms with Crippen molar-refractivity contribution in [2.75, 3.05) is 6.61 Å². The molecule has 0 spiro atoms. The van der Waals surface area contributed by atoms with Crippen molar-refractivity contribution in [1.82, 2.24) is 0 Å². The quantitative estimate of drug-likeness (QED) is 0.288. The first-order valence-electron chi connectivity index (χ1n) is 4.51. The molecule has 0 saturated carbocycles. The highest BCUT2D eigenvalue weighted by atomic mass is 16.6. The first kappa shape index (κ1) is 10.4. The second kappa shape index (κ2) is 5.86. The Labute approximate surface area is 78.3 Å². The largest absolute Gasteiger partial charge is 0.488 e. The highest BCUT2D eigenvalue weighted by Gasteiger charge is 2.25. The highest BCUT2D eigenvalue weighted by molar-refractivity contribution is 6.18. The lowest BCUT2D eigenvalue weighted by molar-refractivity contribution is 0.0579. The summed E-state index contributed by atoms with van der Waals surface area (Å²) in [6.07, 6.45) is 3.10. The predicted molar refractivity (Wildman–Crippen MR) is 49.0 cm³/mol. The van der Waals surface area contributed by atoms with E-state index in [2.05, 4.69) is 16.9 Å². The fourth-order valence-electron chi connectivity index (χ4n) is 1.29. The molecule has 0 amide bonds. The molecule has 1 aliphatic heterocycles. The van der Waals surface area contributed by atoms with Crippen LogP contribution in [0.25, 0.3) is 10.4 Å². The molecule has 1 rings (SSSR count). The molecule has 1 radical (unpaired) electrons. The Morgan fingerprint density at radius 2 is 2.54 bits per heavy atom. The van der Waals surface area contributed by atoms with Crippen molar-refractivity contribution in [1.29, 1.82) is 0 Å². The summed E-state index contributed by atoms with van der Waals surface area (Å²) in [5.41, 5.74) is 8.30. The molecule has 5 nitrogen and oxygen atoms in total. The van der Waals surface area contributed by atoms with Gasteiger partial charge in [0.1, 0.15) is 0 Å². The standard InChI is InChI=1S/C7H13BN3O2/c1-2-3-4-7-6(10-11-9)5-12-8-13-7/h6-7H,2-5H2,1H3/t6-,7+/m0/s1. The van der Waals surface area contributed by atoms with Gasteiger partial charge in [0.15, 0.2) is 0 Å². The molecule has 0 unspecified atom stereocenters. The number of nitrogens with zero attached hydrogens (tertiary/aromatic N) is 3. The lowest BCUT2D eigenvalue weighted by Crippen LogP contribution is -2.38. The third kappa shape index (κ3) is 3.26. The molecule has 0 aromatic carbocycles. The monoisotopic (exact) mass is 182 g/mol. The molecule has 2 atom stereocenters. The van der Waals surface area contributed by atoms with Crippen LogP contribution in [0.1, 0.15) is 26.2 Å². The summed E-state index contributed by atoms with van der Waals surface area (Å²) in [6.45, 7) is 2.55. The topological polar surface area (TPSA) is 67.2 Å². The fourth-order valence-corrected chi connectivity index (χ4v) is 1.29. The average Bonchev–Trinajstić information content (AvgIpc) is 2.17. The number of azide groups is 1. The Morgan fingerprint density at radius 1 is 1.69 bits per heavy atom. The van der Waals surface area contributed by atoms with Gasteiger partial charge >= 0.3 is 7.69 Å². The van der Waals surface area contributed by atoms with Gasteiger partial charge in [-0.3, -0.25) is 0 Å². The number of rotatable bonds is 4. The van der Waals surface area contributed by atoms with Crippen molar-refractivity contribution in [3.05, 3.63) is 10.4 Å². The molecule has 0 aliphatic carbocycles. The SMILES string of the molecule is CCCC[C@H]1O[B]OC[C@@H]1N=[N+]=[N-]. The maximum Gasteiger partial charge on any atom is 0.488 e. The molecule has 1 aliphatic rings. The molecular formula is C7H13BN3O2. The van der Waals surface area contributed by atoms with Crippen LogP contribution in [0.3, 0.4) is 0 Å². The van der Waals surface area contributed by atoms with Gasteiger partial charge in [-0.15, -0.1) is 0 Å². The lowest BCUT2D eigenvalue weighted by Gasteiger charge is -2.27. The Hall–Kier alpha value is -0.705. The van der Waals surface area contributed by atoms with Gasteiger partial charge in [0.05, 0.1) is 12.1 Å². The van der Waals surface area contributed by atoms with Crippen LogP contribution in [0.2, 0.25) is 0 Å². The van der Waals surface area contributed by atoms with E-state index >= 15 is 0 Å². The predicted octanol–water partition coefficient (Wildman–Crippen LogP) is 1.81. The van der Waals surface area contributed by atoms with Gasteiger partial charge in [-0.05, 0) is 12.0 Å². The Kier molecular flexibility index (Phi) is 4.68. The molecule has 0 aromatic heterocycles. The van der Waals surface area contributed by atoms with Crippen LogP contribution in [0.5, 0.6) is 0 Å². The van der Waals surface area contributed by atoms with Crippen LogP contribution < -0.4 is 0 Å². The van der Waals surface area contributed by atoms with Crippen molar-refractivity contribution in [2.45, 2.75) is 38.3 Å². The molecule has 0 aromatic rings. The van der Waals surface area contributed by atoms with Crippen molar-refractivity contribution >= 4 is 7.69 Å². The van der Waals surface area contributed by atoms with Crippen LogP contribution >= 0.6 is 0 Å². The maximum absolute atomic E-state index is 8.30. The summed E-state index contributed by atoms with van der Waals surface area (Å²) in [5.74, 6) is 0. The third-order valence-electron chi connectivity index (χ3n) is 2.04. The van der Waals surface area contributed by atoms with Gasteiger partial charge in [-0.2, -0.15) is 0 Å². The molecule has 0 N–H and O–H groups in total. The van der Waals surface area contributed by atoms with Gasteiger partial charge in [0, 0.05) is 11.5 Å². The summed E-state index contributed by atoms with van der Waals surface area (Å²) >= 11 is 0. The molecule has 71 valence electrons. The minimum atomic E-state index is -0.179. The summed E-state index contributed by atoms with van der Waals surface area (Å²) in [7, 11) is 1.34. The van der Waals surface area contributed by atoms with E-state index in [1.165, 1.54) is 7.69 Å². The van der Waals surface area contributed by atoms with Gasteiger partial charge in [-0.1, -0.05) is 24.9 Å². The van der Waals surface area contributed by atoms with Crippen LogP contribution in [0.4, 0.5) is 0 Å². The van der Waals surface area contributed by atoms with Gasteiger partial charge in [0.25, 0.3) is 0 Å². The highest BCUT2D eigenvalue weighted by Crippen LogP contribution is 2.15. The zero-order valence-corrected chi connectivity index (χ0v) is 7.72. The zero-order valence-electron chi connectivity index (χ0n) is 7.72. The lowest BCUT2D eigenvalue weighted by atomic mass is 10.0. The third-order valence-corrected chi connectivity index (χ3v) is 2.04. The van der Waals surface area contributed by atoms with Crippen molar-refractivity contribution in [3.8, 4) is 0 Å². The molecule has 1 fully saturated rings. The van der Waals surface area contributed by atoms with E-state index < -0.39 is 0 Å². The van der Waals surface area contributed by atoms with Crippen LogP contribution in [0, 0.1) is 0 Å². The van der Waals surface area contributed by atoms with Crippen LogP contribution in [0.15, 0.2) is 5.11 Å². The Balaban J connectivity index is 2.41. The number of hydrogen-bond donors (Lipinski definition) is 0. The zero-order chi connectivity index (χ0) is 9.52. The van der Waals surface area contributed by atoms with Crippen molar-refractivity contribution < 1.29 is 9.31 Å². The Morgan fingerprint density at radius 3 is 3.23 bits per heavy atom. The van der Waals surface area contributed by atoms with Crippen LogP contribution in [-0.4, -0.2) is 26.4 Å². The van der Waals surface area contributed by atoms with E-state index in [1.54, 1.807) is 0 Å². The van der Waals surface area contributed by atoms with E-state index in [9.17, 15) is 0 Å². The molecular weight excluding hydrogens is 169 g/mol. The molecule has 1 heterocycles. The first-order valence-corrected chi connectivity index (χ1v) is 4.51. The smallest absolute Gasteiger partial charge is 0.413 e. The van der Waals surface area contributed by atoms with E-state index in [0.717, 1.165) is 19.3 Å². The van der Waals surface area contributed by atoms with Gasteiger partial charge in [0.2, 0.25) is 0 Å². The first-order chi connectivity index (χ1) is 6.38. The van der Waals surface area contributed by atoms with Crippen molar-refractivity contribution in [2.24, 2.45) is 5.11 Å². The summed E-state index contributed by atoms with van der Waals surface area (Å²) in [5, 5.41) is 3.63. The van der Waals surface area contributed by atoms with Crippen molar-refractivity contribution in [3.63, 3.8) is 0 Å². The number of hydrogen-bond acceptors (Lipinski definition) is 3. The van der Waals surface area contributed by atoms with Crippen LogP contribution in [-0.2, 0) is 9.31 Å². The normalized spacial score (nSPS) is 27.5. The van der Waals surface area contributed by atoms with E-state index in [0.29, 0.717) is 6.61 Å². The fraction of sp³-hybridized carbons (Fsp3) is 1.00. The second-order valence-corrected chi connectivity index (χ2v) is 3.02. The number of unbranched alkanes of at least 4 members (excludes halogenated alkanes) is 1. The second-order valence-electron chi connectivity index (χ2n) is 3.02. The molecule has 0 bridgehead atoms. The molecule has 13 heavy (non-hydrogen) atoms. The van der Waals surface area contributed by atoms with E-state index in [-0.39, 0.29) is 12.1 Å². The van der Waals surface area contributed by atoms with Gasteiger partial charge in [-0.25, -0.2) is 0 Å². The average molecular weight is 182 g/mol.